The van der Waals surface area contributed by atoms with Gasteiger partial charge in [-0.15, -0.1) is 11.3 Å². The van der Waals surface area contributed by atoms with Crippen molar-refractivity contribution in [1.82, 2.24) is 9.88 Å². The summed E-state index contributed by atoms with van der Waals surface area (Å²) >= 11 is 1.64. The van der Waals surface area contributed by atoms with Crippen LogP contribution in [-0.2, 0) is 0 Å². The van der Waals surface area contributed by atoms with Gasteiger partial charge >= 0.3 is 0 Å². The number of aliphatic hydroxyl groups is 1. The van der Waals surface area contributed by atoms with Crippen molar-refractivity contribution < 1.29 is 9.90 Å². The van der Waals surface area contributed by atoms with E-state index in [2.05, 4.69) is 4.98 Å². The molecule has 1 amide bonds. The predicted octanol–water partition coefficient (Wildman–Crippen LogP) is 3.35. The Bertz CT molecular complexity index is 682. The first-order valence-electron chi connectivity index (χ1n) is 8.05. The molecule has 0 aromatic carbocycles. The zero-order valence-electron chi connectivity index (χ0n) is 13.5. The molecule has 1 fully saturated rings. The fourth-order valence-electron chi connectivity index (χ4n) is 3.11. The van der Waals surface area contributed by atoms with Gasteiger partial charge in [-0.25, -0.2) is 0 Å². The molecule has 2 atom stereocenters. The van der Waals surface area contributed by atoms with E-state index in [1.165, 1.54) is 0 Å². The number of piperidine rings is 1. The van der Waals surface area contributed by atoms with E-state index < -0.39 is 0 Å². The van der Waals surface area contributed by atoms with Crippen LogP contribution in [0.15, 0.2) is 29.6 Å². The molecule has 1 saturated heterocycles. The van der Waals surface area contributed by atoms with Crippen LogP contribution in [0.25, 0.3) is 10.6 Å². The van der Waals surface area contributed by atoms with Crippen LogP contribution in [0.2, 0.25) is 0 Å². The van der Waals surface area contributed by atoms with Gasteiger partial charge in [-0.2, -0.15) is 0 Å². The van der Waals surface area contributed by atoms with Crippen LogP contribution in [0, 0.1) is 12.8 Å². The van der Waals surface area contributed by atoms with Crippen LogP contribution < -0.4 is 0 Å². The normalized spacial score (nSPS) is 19.6. The summed E-state index contributed by atoms with van der Waals surface area (Å²) in [6, 6.07) is 7.83. The molecule has 0 radical (unpaired) electrons. The van der Waals surface area contributed by atoms with Gasteiger partial charge in [0.2, 0.25) is 0 Å². The highest BCUT2D eigenvalue weighted by molar-refractivity contribution is 7.13. The number of carbonyl (C=O) groups excluding carboxylic acids is 1. The highest BCUT2D eigenvalue weighted by atomic mass is 32.1. The van der Waals surface area contributed by atoms with Crippen LogP contribution in [0.3, 0.4) is 0 Å². The summed E-state index contributed by atoms with van der Waals surface area (Å²) < 4.78 is 0. The van der Waals surface area contributed by atoms with Crippen molar-refractivity contribution in [2.75, 3.05) is 13.1 Å². The van der Waals surface area contributed by atoms with Crippen LogP contribution in [0.1, 0.15) is 35.8 Å². The van der Waals surface area contributed by atoms with Crippen molar-refractivity contribution in [3.8, 4) is 10.6 Å². The molecule has 0 bridgehead atoms. The number of aryl methyl sites for hydroxylation is 1. The molecule has 5 heteroatoms. The number of aliphatic hydroxyl groups excluding tert-OH is 1. The zero-order chi connectivity index (χ0) is 16.4. The van der Waals surface area contributed by atoms with Gasteiger partial charge in [0.25, 0.3) is 5.91 Å². The largest absolute Gasteiger partial charge is 0.393 e. The number of likely N-dealkylation sites (tertiary alicyclic amines) is 1. The molecule has 1 aliphatic rings. The number of thiophene rings is 1. The van der Waals surface area contributed by atoms with Crippen LogP contribution in [0.4, 0.5) is 0 Å². The Kier molecular flexibility index (Phi) is 4.78. The first-order valence-corrected chi connectivity index (χ1v) is 8.93. The Hall–Kier alpha value is -1.72. The lowest BCUT2D eigenvalue weighted by atomic mass is 9.93. The maximum Gasteiger partial charge on any atom is 0.255 e. The fourth-order valence-corrected chi connectivity index (χ4v) is 3.80. The van der Waals surface area contributed by atoms with E-state index in [9.17, 15) is 9.90 Å². The maximum absolute atomic E-state index is 12.8. The summed E-state index contributed by atoms with van der Waals surface area (Å²) in [6.07, 6.45) is 1.56. The first kappa shape index (κ1) is 16.1. The van der Waals surface area contributed by atoms with Crippen molar-refractivity contribution >= 4 is 17.2 Å². The molecule has 2 unspecified atom stereocenters. The van der Waals surface area contributed by atoms with Crippen molar-refractivity contribution in [3.63, 3.8) is 0 Å². The summed E-state index contributed by atoms with van der Waals surface area (Å²) in [5.74, 6) is 0.199. The second kappa shape index (κ2) is 6.81. The fraction of sp³-hybridized carbons (Fsp3) is 0.444. The Morgan fingerprint density at radius 1 is 1.43 bits per heavy atom. The highest BCUT2D eigenvalue weighted by Gasteiger charge is 2.28. The second-order valence-corrected chi connectivity index (χ2v) is 7.15. The van der Waals surface area contributed by atoms with Crippen molar-refractivity contribution in [2.45, 2.75) is 32.8 Å². The lowest BCUT2D eigenvalue weighted by Crippen LogP contribution is -2.43. The van der Waals surface area contributed by atoms with E-state index in [4.69, 9.17) is 0 Å². The van der Waals surface area contributed by atoms with Crippen molar-refractivity contribution in [1.29, 1.82) is 0 Å². The van der Waals surface area contributed by atoms with E-state index in [0.29, 0.717) is 12.1 Å². The quantitative estimate of drug-likeness (QED) is 0.939. The Labute approximate surface area is 140 Å². The zero-order valence-corrected chi connectivity index (χ0v) is 14.3. The minimum absolute atomic E-state index is 0.0260. The third kappa shape index (κ3) is 3.46. The standard InChI is InChI=1S/C18H22N2O2S/c1-12-15(7-8-16(19-12)17-6-4-10-23-17)18(22)20-9-3-5-14(11-20)13(2)21/h4,6-8,10,13-14,21H,3,5,9,11H2,1-2H3. The van der Waals surface area contributed by atoms with Gasteiger partial charge < -0.3 is 10.0 Å². The molecule has 1 N–H and O–H groups in total. The number of nitrogens with zero attached hydrogens (tertiary/aromatic N) is 2. The summed E-state index contributed by atoms with van der Waals surface area (Å²) in [5, 5.41) is 11.8. The van der Waals surface area contributed by atoms with E-state index in [-0.39, 0.29) is 17.9 Å². The Balaban J connectivity index is 1.80. The number of pyridine rings is 1. The highest BCUT2D eigenvalue weighted by Crippen LogP contribution is 2.25. The van der Waals surface area contributed by atoms with Crippen LogP contribution in [-0.4, -0.2) is 40.1 Å². The SMILES string of the molecule is Cc1nc(-c2cccs2)ccc1C(=O)N1CCCC(C(C)O)C1. The predicted molar refractivity (Wildman–Crippen MR) is 92.6 cm³/mol. The molecule has 3 rings (SSSR count). The number of rotatable bonds is 3. The Morgan fingerprint density at radius 2 is 2.26 bits per heavy atom. The average Bonchev–Trinajstić information content (AvgIpc) is 3.08. The lowest BCUT2D eigenvalue weighted by molar-refractivity contribution is 0.0465. The van der Waals surface area contributed by atoms with E-state index in [1.807, 2.05) is 41.5 Å². The molecule has 4 nitrogen and oxygen atoms in total. The summed E-state index contributed by atoms with van der Waals surface area (Å²) in [6.45, 7) is 5.08. The molecule has 2 aromatic rings. The van der Waals surface area contributed by atoms with Gasteiger partial charge in [0.15, 0.2) is 0 Å². The van der Waals surface area contributed by atoms with Gasteiger partial charge in [-0.05, 0) is 50.3 Å². The minimum atomic E-state index is -0.369. The topological polar surface area (TPSA) is 53.4 Å². The summed E-state index contributed by atoms with van der Waals surface area (Å²) in [7, 11) is 0. The van der Waals surface area contributed by atoms with Gasteiger partial charge in [0, 0.05) is 19.0 Å². The molecule has 0 spiro atoms. The molecule has 23 heavy (non-hydrogen) atoms. The van der Waals surface area contributed by atoms with Crippen LogP contribution in [0.5, 0.6) is 0 Å². The van der Waals surface area contributed by atoms with Gasteiger partial charge in [-0.3, -0.25) is 9.78 Å². The minimum Gasteiger partial charge on any atom is -0.393 e. The molecule has 122 valence electrons. The van der Waals surface area contributed by atoms with E-state index >= 15 is 0 Å². The maximum atomic E-state index is 12.8. The van der Waals surface area contributed by atoms with Gasteiger partial charge in [-0.1, -0.05) is 6.07 Å². The lowest BCUT2D eigenvalue weighted by Gasteiger charge is -2.34. The molecule has 3 heterocycles. The van der Waals surface area contributed by atoms with Crippen molar-refractivity contribution in [2.24, 2.45) is 5.92 Å². The molecular weight excluding hydrogens is 308 g/mol. The monoisotopic (exact) mass is 330 g/mol. The Morgan fingerprint density at radius 3 is 2.91 bits per heavy atom. The van der Waals surface area contributed by atoms with Crippen LogP contribution >= 0.6 is 11.3 Å². The molecular formula is C18H22N2O2S. The number of hydrogen-bond acceptors (Lipinski definition) is 4. The van der Waals surface area contributed by atoms with Gasteiger partial charge in [0.1, 0.15) is 0 Å². The molecule has 2 aromatic heterocycles. The number of carbonyl (C=O) groups is 1. The number of amides is 1. The summed E-state index contributed by atoms with van der Waals surface area (Å²) in [4.78, 5) is 20.4. The average molecular weight is 330 g/mol. The third-order valence-electron chi connectivity index (χ3n) is 4.52. The molecule has 0 aliphatic carbocycles. The third-order valence-corrected chi connectivity index (χ3v) is 5.41. The van der Waals surface area contributed by atoms with Gasteiger partial charge in [0.05, 0.1) is 27.9 Å². The first-order chi connectivity index (χ1) is 11.1. The molecule has 0 saturated carbocycles. The number of aromatic nitrogens is 1. The van der Waals surface area contributed by atoms with E-state index in [1.54, 1.807) is 18.3 Å². The van der Waals surface area contributed by atoms with E-state index in [0.717, 1.165) is 35.7 Å². The summed E-state index contributed by atoms with van der Waals surface area (Å²) in [5.41, 5.74) is 2.34. The van der Waals surface area contributed by atoms with Crippen molar-refractivity contribution in [3.05, 3.63) is 40.9 Å². The number of hydrogen-bond donors (Lipinski definition) is 1. The second-order valence-electron chi connectivity index (χ2n) is 6.20. The smallest absolute Gasteiger partial charge is 0.255 e. The molecule has 1 aliphatic heterocycles.